The Kier molecular flexibility index (Phi) is 5.01. The molecule has 21 heavy (non-hydrogen) atoms. The number of nitrogens with zero attached hydrogens (tertiary/aromatic N) is 1. The number of hydrogen-bond donors (Lipinski definition) is 1. The van der Waals surface area contributed by atoms with Crippen molar-refractivity contribution >= 4 is 33.9 Å². The first-order valence-electron chi connectivity index (χ1n) is 6.54. The van der Waals surface area contributed by atoms with Crippen LogP contribution in [0.1, 0.15) is 12.0 Å². The minimum Gasteiger partial charge on any atom is -0.496 e. The first kappa shape index (κ1) is 15.6. The number of carboxylic acids is 1. The highest BCUT2D eigenvalue weighted by Crippen LogP contribution is 2.24. The topological polar surface area (TPSA) is 66.8 Å². The fourth-order valence-corrected chi connectivity index (χ4v) is 2.64. The van der Waals surface area contributed by atoms with Crippen LogP contribution in [0.4, 0.5) is 0 Å². The van der Waals surface area contributed by atoms with Crippen LogP contribution in [0.5, 0.6) is 5.75 Å². The van der Waals surface area contributed by atoms with Gasteiger partial charge in [-0.2, -0.15) is 0 Å². The van der Waals surface area contributed by atoms with E-state index in [4.69, 9.17) is 9.84 Å². The normalized spacial score (nSPS) is 18.2. The molecule has 1 N–H and O–H groups in total. The van der Waals surface area contributed by atoms with Crippen molar-refractivity contribution in [3.8, 4) is 5.75 Å². The Hall–Kier alpha value is -1.82. The molecule has 112 valence electrons. The number of carbonyl (C=O) groups is 2. The number of benzene rings is 1. The summed E-state index contributed by atoms with van der Waals surface area (Å²) in [5, 5.41) is 8.94. The Bertz CT molecular complexity index is 585. The summed E-state index contributed by atoms with van der Waals surface area (Å²) in [5.41, 5.74) is 0.786. The van der Waals surface area contributed by atoms with Crippen LogP contribution in [0.25, 0.3) is 6.08 Å². The van der Waals surface area contributed by atoms with Gasteiger partial charge >= 0.3 is 5.97 Å². The maximum atomic E-state index is 12.1. The van der Waals surface area contributed by atoms with E-state index in [1.165, 1.54) is 6.08 Å². The van der Waals surface area contributed by atoms with Crippen LogP contribution in [-0.4, -0.2) is 42.1 Å². The molecule has 1 unspecified atom stereocenters. The third-order valence-corrected chi connectivity index (χ3v) is 3.94. The Morgan fingerprint density at radius 3 is 2.86 bits per heavy atom. The average molecular weight is 354 g/mol. The number of rotatable bonds is 4. The molecule has 1 atom stereocenters. The molecule has 1 aliphatic heterocycles. The molecule has 1 heterocycles. The van der Waals surface area contributed by atoms with Crippen molar-refractivity contribution in [3.63, 3.8) is 0 Å². The lowest BCUT2D eigenvalue weighted by molar-refractivity contribution is -0.141. The number of ether oxygens (including phenoxy) is 1. The zero-order valence-electron chi connectivity index (χ0n) is 11.6. The van der Waals surface area contributed by atoms with Gasteiger partial charge in [0, 0.05) is 29.2 Å². The largest absolute Gasteiger partial charge is 0.496 e. The average Bonchev–Trinajstić information content (AvgIpc) is 2.95. The van der Waals surface area contributed by atoms with Gasteiger partial charge in [-0.1, -0.05) is 15.9 Å². The Morgan fingerprint density at radius 1 is 1.48 bits per heavy atom. The minimum absolute atomic E-state index is 0.180. The standard InChI is InChI=1S/C15H16BrNO4/c1-21-13-4-3-12(16)8-10(13)2-5-14(18)17-7-6-11(9-17)15(19)20/h2-5,8,11H,6-7,9H2,1H3,(H,19,20)/b5-2+. The SMILES string of the molecule is COc1ccc(Br)cc1/C=C/C(=O)N1CCC(C(=O)O)C1. The second kappa shape index (κ2) is 6.76. The summed E-state index contributed by atoms with van der Waals surface area (Å²) < 4.78 is 6.12. The molecule has 1 aliphatic rings. The van der Waals surface area contributed by atoms with Crippen LogP contribution in [0, 0.1) is 5.92 Å². The van der Waals surface area contributed by atoms with E-state index < -0.39 is 11.9 Å². The summed E-state index contributed by atoms with van der Waals surface area (Å²) in [7, 11) is 1.57. The number of aliphatic carboxylic acids is 1. The highest BCUT2D eigenvalue weighted by Gasteiger charge is 2.29. The molecular weight excluding hydrogens is 338 g/mol. The number of amides is 1. The summed E-state index contributed by atoms with van der Waals surface area (Å²) in [6.45, 7) is 0.754. The van der Waals surface area contributed by atoms with Gasteiger partial charge in [0.25, 0.3) is 0 Å². The number of carboxylic acid groups (broad SMARTS) is 1. The van der Waals surface area contributed by atoms with Gasteiger partial charge in [0.2, 0.25) is 5.91 Å². The molecule has 5 nitrogen and oxygen atoms in total. The van der Waals surface area contributed by atoms with E-state index in [0.717, 1.165) is 10.0 Å². The summed E-state index contributed by atoms with van der Waals surface area (Å²) in [5.74, 6) is -0.807. The van der Waals surface area contributed by atoms with E-state index in [2.05, 4.69) is 15.9 Å². The van der Waals surface area contributed by atoms with Gasteiger partial charge < -0.3 is 14.7 Å². The molecule has 0 radical (unpaired) electrons. The lowest BCUT2D eigenvalue weighted by Gasteiger charge is -2.13. The summed E-state index contributed by atoms with van der Waals surface area (Å²) in [6, 6.07) is 5.52. The van der Waals surface area contributed by atoms with E-state index in [9.17, 15) is 9.59 Å². The molecule has 6 heteroatoms. The van der Waals surface area contributed by atoms with Crippen LogP contribution < -0.4 is 4.74 Å². The molecule has 1 aromatic rings. The number of methoxy groups -OCH3 is 1. The maximum absolute atomic E-state index is 12.1. The monoisotopic (exact) mass is 353 g/mol. The van der Waals surface area contributed by atoms with E-state index in [-0.39, 0.29) is 12.5 Å². The molecule has 0 spiro atoms. The summed E-state index contributed by atoms with van der Waals surface area (Å²) in [4.78, 5) is 24.5. The smallest absolute Gasteiger partial charge is 0.308 e. The van der Waals surface area contributed by atoms with E-state index in [0.29, 0.717) is 18.7 Å². The van der Waals surface area contributed by atoms with Crippen molar-refractivity contribution in [3.05, 3.63) is 34.3 Å². The lowest BCUT2D eigenvalue weighted by atomic mass is 10.1. The quantitative estimate of drug-likeness (QED) is 0.844. The van der Waals surface area contributed by atoms with Crippen LogP contribution in [-0.2, 0) is 9.59 Å². The van der Waals surface area contributed by atoms with Gasteiger partial charge in [0.15, 0.2) is 0 Å². The van der Waals surface area contributed by atoms with Gasteiger partial charge in [-0.25, -0.2) is 0 Å². The van der Waals surface area contributed by atoms with Crippen molar-refractivity contribution in [2.24, 2.45) is 5.92 Å². The van der Waals surface area contributed by atoms with Crippen molar-refractivity contribution < 1.29 is 19.4 Å². The van der Waals surface area contributed by atoms with Crippen molar-refractivity contribution in [2.75, 3.05) is 20.2 Å². The lowest BCUT2D eigenvalue weighted by Crippen LogP contribution is -2.28. The van der Waals surface area contributed by atoms with Crippen molar-refractivity contribution in [2.45, 2.75) is 6.42 Å². The van der Waals surface area contributed by atoms with E-state index >= 15 is 0 Å². The second-order valence-corrected chi connectivity index (χ2v) is 5.74. The van der Waals surface area contributed by atoms with Crippen LogP contribution in [0.3, 0.4) is 0 Å². The predicted octanol–water partition coefficient (Wildman–Crippen LogP) is 2.40. The highest BCUT2D eigenvalue weighted by atomic mass is 79.9. The van der Waals surface area contributed by atoms with Crippen LogP contribution in [0.2, 0.25) is 0 Å². The third-order valence-electron chi connectivity index (χ3n) is 3.45. The van der Waals surface area contributed by atoms with Gasteiger partial charge in [0.1, 0.15) is 5.75 Å². The molecule has 1 fully saturated rings. The summed E-state index contributed by atoms with van der Waals surface area (Å²) >= 11 is 3.37. The molecule has 0 aromatic heterocycles. The number of halogens is 1. The van der Waals surface area contributed by atoms with Gasteiger partial charge in [-0.15, -0.1) is 0 Å². The predicted molar refractivity (Wildman–Crippen MR) is 82.1 cm³/mol. The molecule has 0 bridgehead atoms. The van der Waals surface area contributed by atoms with Crippen LogP contribution >= 0.6 is 15.9 Å². The van der Waals surface area contributed by atoms with Gasteiger partial charge in [-0.3, -0.25) is 9.59 Å². The maximum Gasteiger partial charge on any atom is 0.308 e. The second-order valence-electron chi connectivity index (χ2n) is 4.83. The molecule has 0 aliphatic carbocycles. The van der Waals surface area contributed by atoms with Crippen molar-refractivity contribution in [1.82, 2.24) is 4.90 Å². The summed E-state index contributed by atoms with van der Waals surface area (Å²) in [6.07, 6.45) is 3.64. The molecule has 1 aromatic carbocycles. The highest BCUT2D eigenvalue weighted by molar-refractivity contribution is 9.10. The number of carbonyl (C=O) groups excluding carboxylic acids is 1. The molecule has 1 saturated heterocycles. The van der Waals surface area contributed by atoms with Gasteiger partial charge in [-0.05, 0) is 30.7 Å². The van der Waals surface area contributed by atoms with Crippen LogP contribution in [0.15, 0.2) is 28.7 Å². The van der Waals surface area contributed by atoms with E-state index in [1.807, 2.05) is 18.2 Å². The molecule has 0 saturated carbocycles. The Labute approximate surface area is 131 Å². The fraction of sp³-hybridized carbons (Fsp3) is 0.333. The first-order valence-corrected chi connectivity index (χ1v) is 7.34. The van der Waals surface area contributed by atoms with Gasteiger partial charge in [0.05, 0.1) is 13.0 Å². The number of likely N-dealkylation sites (tertiary alicyclic amines) is 1. The first-order chi connectivity index (χ1) is 10.0. The minimum atomic E-state index is -0.845. The Morgan fingerprint density at radius 2 is 2.24 bits per heavy atom. The Balaban J connectivity index is 2.06. The van der Waals surface area contributed by atoms with Crippen molar-refractivity contribution in [1.29, 1.82) is 0 Å². The fourth-order valence-electron chi connectivity index (χ4n) is 2.26. The zero-order chi connectivity index (χ0) is 15.4. The molecule has 2 rings (SSSR count). The molecular formula is C15H16BrNO4. The third kappa shape index (κ3) is 3.85. The zero-order valence-corrected chi connectivity index (χ0v) is 13.2. The van der Waals surface area contributed by atoms with E-state index in [1.54, 1.807) is 18.1 Å². The molecule has 1 amide bonds. The number of hydrogen-bond acceptors (Lipinski definition) is 3.